The average molecular weight is 387 g/mol. The molecule has 3 aromatic rings. The van der Waals surface area contributed by atoms with Crippen LogP contribution in [0.25, 0.3) is 0 Å². The molecule has 0 aliphatic carbocycles. The maximum Gasteiger partial charge on any atom is 0.145 e. The van der Waals surface area contributed by atoms with E-state index in [0.29, 0.717) is 11.8 Å². The van der Waals surface area contributed by atoms with Crippen LogP contribution in [-0.2, 0) is 6.42 Å². The molecule has 0 heterocycles. The Balaban J connectivity index is 2.14. The van der Waals surface area contributed by atoms with E-state index >= 15 is 0 Å². The second-order valence-electron chi connectivity index (χ2n) is 8.73. The zero-order valence-corrected chi connectivity index (χ0v) is 19.3. The molecule has 0 unspecified atom stereocenters. The highest BCUT2D eigenvalue weighted by Gasteiger charge is 2.34. The minimum Gasteiger partial charge on any atom is -0.0620 e. The fourth-order valence-corrected chi connectivity index (χ4v) is 7.48. The van der Waals surface area contributed by atoms with E-state index in [1.165, 1.54) is 32.3 Å². The van der Waals surface area contributed by atoms with Gasteiger partial charge in [0.25, 0.3) is 0 Å². The van der Waals surface area contributed by atoms with Gasteiger partial charge in [-0.1, -0.05) is 114 Å². The summed E-state index contributed by atoms with van der Waals surface area (Å²) in [6.45, 7) is 13.8. The number of hydrogen-bond acceptors (Lipinski definition) is 0. The molecule has 0 N–H and O–H groups in total. The van der Waals surface area contributed by atoms with Gasteiger partial charge in [0.1, 0.15) is 8.07 Å². The van der Waals surface area contributed by atoms with Gasteiger partial charge >= 0.3 is 0 Å². The first-order chi connectivity index (χ1) is 13.4. The third-order valence-electron chi connectivity index (χ3n) is 6.25. The Morgan fingerprint density at radius 3 is 1.18 bits per heavy atom. The molecule has 0 fully saturated rings. The van der Waals surface area contributed by atoms with Gasteiger partial charge in [0.05, 0.1) is 0 Å². The lowest BCUT2D eigenvalue weighted by molar-refractivity contribution is 0.867. The van der Waals surface area contributed by atoms with E-state index in [4.69, 9.17) is 0 Å². The smallest absolute Gasteiger partial charge is 0.0620 e. The van der Waals surface area contributed by atoms with Gasteiger partial charge in [-0.3, -0.25) is 0 Å². The van der Waals surface area contributed by atoms with Crippen LogP contribution in [0.4, 0.5) is 0 Å². The molecule has 0 amide bonds. The van der Waals surface area contributed by atoms with Gasteiger partial charge in [-0.25, -0.2) is 0 Å². The van der Waals surface area contributed by atoms with Crippen molar-refractivity contribution in [1.29, 1.82) is 0 Å². The molecule has 0 radical (unpaired) electrons. The number of aryl methyl sites for hydroxylation is 1. The zero-order valence-electron chi connectivity index (χ0n) is 18.3. The molecule has 3 rings (SSSR count). The standard InChI is InChI=1S/C27H34Si/c1-7-22-8-14-25(15-9-22)28(6,26-16-10-23(11-17-26)20(2)3)27-18-12-24(13-19-27)21(4)5/h8-21H,7H2,1-6H3. The van der Waals surface area contributed by atoms with E-state index in [0.717, 1.165) is 6.42 Å². The van der Waals surface area contributed by atoms with Crippen molar-refractivity contribution in [2.75, 3.05) is 0 Å². The minimum absolute atomic E-state index is 0.566. The summed E-state index contributed by atoms with van der Waals surface area (Å²) in [5.74, 6) is 1.13. The highest BCUT2D eigenvalue weighted by molar-refractivity contribution is 7.10. The largest absolute Gasteiger partial charge is 0.145 e. The predicted octanol–water partition coefficient (Wildman–Crippen LogP) is 5.60. The van der Waals surface area contributed by atoms with E-state index in [9.17, 15) is 0 Å². The first kappa shape index (κ1) is 20.6. The highest BCUT2D eigenvalue weighted by atomic mass is 28.3. The van der Waals surface area contributed by atoms with Crippen LogP contribution in [0.15, 0.2) is 72.8 Å². The van der Waals surface area contributed by atoms with Crippen LogP contribution >= 0.6 is 0 Å². The quantitative estimate of drug-likeness (QED) is 0.382. The molecule has 0 aliphatic rings. The van der Waals surface area contributed by atoms with E-state index < -0.39 is 8.07 Å². The first-order valence-electron chi connectivity index (χ1n) is 10.7. The van der Waals surface area contributed by atoms with Crippen LogP contribution in [0.1, 0.15) is 63.1 Å². The van der Waals surface area contributed by atoms with Crippen molar-refractivity contribution in [2.45, 2.75) is 59.4 Å². The van der Waals surface area contributed by atoms with Crippen LogP contribution in [0.5, 0.6) is 0 Å². The van der Waals surface area contributed by atoms with Gasteiger partial charge in [-0.05, 0) is 50.5 Å². The van der Waals surface area contributed by atoms with E-state index in [1.807, 2.05) is 0 Å². The topological polar surface area (TPSA) is 0 Å². The summed E-state index contributed by atoms with van der Waals surface area (Å²) in [6, 6.07) is 28.2. The average Bonchev–Trinajstić information content (AvgIpc) is 2.73. The molecule has 28 heavy (non-hydrogen) atoms. The van der Waals surface area contributed by atoms with Crippen LogP contribution < -0.4 is 15.6 Å². The van der Waals surface area contributed by atoms with Crippen molar-refractivity contribution >= 4 is 23.6 Å². The fourth-order valence-electron chi connectivity index (χ4n) is 3.98. The molecule has 0 saturated carbocycles. The second-order valence-corrected chi connectivity index (χ2v) is 12.7. The molecule has 0 nitrogen and oxygen atoms in total. The Kier molecular flexibility index (Phi) is 6.25. The van der Waals surface area contributed by atoms with Crippen molar-refractivity contribution in [3.05, 3.63) is 89.5 Å². The molecular weight excluding hydrogens is 352 g/mol. The molecule has 1 heteroatoms. The Hall–Kier alpha value is -2.12. The lowest BCUT2D eigenvalue weighted by atomic mass is 10.0. The summed E-state index contributed by atoms with van der Waals surface area (Å²) in [5.41, 5.74) is 4.23. The summed E-state index contributed by atoms with van der Waals surface area (Å²) in [5, 5.41) is 4.45. The van der Waals surface area contributed by atoms with Gasteiger partial charge in [-0.2, -0.15) is 0 Å². The van der Waals surface area contributed by atoms with Crippen LogP contribution in [-0.4, -0.2) is 8.07 Å². The summed E-state index contributed by atoms with van der Waals surface area (Å²) < 4.78 is 0. The van der Waals surface area contributed by atoms with E-state index in [1.54, 1.807) is 0 Å². The Bertz CT molecular complexity index is 833. The lowest BCUT2D eigenvalue weighted by Crippen LogP contribution is -2.64. The summed E-state index contributed by atoms with van der Waals surface area (Å²) in [4.78, 5) is 0. The number of rotatable bonds is 6. The molecule has 0 aliphatic heterocycles. The van der Waals surface area contributed by atoms with Crippen molar-refractivity contribution in [3.63, 3.8) is 0 Å². The molecule has 3 aromatic carbocycles. The van der Waals surface area contributed by atoms with Gasteiger partial charge in [0.15, 0.2) is 0 Å². The third-order valence-corrected chi connectivity index (χ3v) is 10.7. The fraction of sp³-hybridized carbons (Fsp3) is 0.333. The SMILES string of the molecule is CCc1ccc([Si](C)(c2ccc(C(C)C)cc2)c2ccc(C(C)C)cc2)cc1. The lowest BCUT2D eigenvalue weighted by Gasteiger charge is -2.30. The van der Waals surface area contributed by atoms with Gasteiger partial charge in [-0.15, -0.1) is 0 Å². The second kappa shape index (κ2) is 8.49. The van der Waals surface area contributed by atoms with Crippen molar-refractivity contribution in [2.24, 2.45) is 0 Å². The van der Waals surface area contributed by atoms with E-state index in [2.05, 4.69) is 114 Å². The predicted molar refractivity (Wildman–Crippen MR) is 127 cm³/mol. The van der Waals surface area contributed by atoms with Crippen LogP contribution in [0, 0.1) is 0 Å². The first-order valence-corrected chi connectivity index (χ1v) is 13.2. The molecule has 0 spiro atoms. The van der Waals surface area contributed by atoms with Crippen molar-refractivity contribution < 1.29 is 0 Å². The molecule has 0 saturated heterocycles. The maximum absolute atomic E-state index is 2.50. The van der Waals surface area contributed by atoms with Crippen molar-refractivity contribution in [3.8, 4) is 0 Å². The minimum atomic E-state index is -2.03. The highest BCUT2D eigenvalue weighted by Crippen LogP contribution is 2.17. The van der Waals surface area contributed by atoms with Crippen molar-refractivity contribution in [1.82, 2.24) is 0 Å². The Labute approximate surface area is 172 Å². The Morgan fingerprint density at radius 2 is 0.893 bits per heavy atom. The normalized spacial score (nSPS) is 12.0. The van der Waals surface area contributed by atoms with Gasteiger partial charge in [0.2, 0.25) is 0 Å². The molecule has 0 atom stereocenters. The third kappa shape index (κ3) is 4.00. The Morgan fingerprint density at radius 1 is 0.571 bits per heavy atom. The monoisotopic (exact) mass is 386 g/mol. The zero-order chi connectivity index (χ0) is 20.3. The molecule has 0 bridgehead atoms. The van der Waals surface area contributed by atoms with Crippen LogP contribution in [0.3, 0.4) is 0 Å². The van der Waals surface area contributed by atoms with E-state index in [-0.39, 0.29) is 0 Å². The maximum atomic E-state index is 2.50. The van der Waals surface area contributed by atoms with Gasteiger partial charge in [0, 0.05) is 0 Å². The molecule has 0 aromatic heterocycles. The summed E-state index contributed by atoms with van der Waals surface area (Å²) in [7, 11) is -2.03. The molecule has 146 valence electrons. The van der Waals surface area contributed by atoms with Gasteiger partial charge < -0.3 is 0 Å². The summed E-state index contributed by atoms with van der Waals surface area (Å²) in [6.07, 6.45) is 1.09. The summed E-state index contributed by atoms with van der Waals surface area (Å²) >= 11 is 0. The van der Waals surface area contributed by atoms with Crippen LogP contribution in [0.2, 0.25) is 6.55 Å². The number of benzene rings is 3. The molecular formula is C27H34Si. The number of hydrogen-bond donors (Lipinski definition) is 0.